The Bertz CT molecular complexity index is 475. The number of primary amides is 1. The zero-order chi connectivity index (χ0) is 13.8. The average Bonchev–Trinajstić information content (AvgIpc) is 2.85. The molecule has 7 heteroatoms. The Morgan fingerprint density at radius 3 is 3.11 bits per heavy atom. The van der Waals surface area contributed by atoms with Crippen LogP contribution in [0.4, 0.5) is 0 Å². The summed E-state index contributed by atoms with van der Waals surface area (Å²) in [6, 6.07) is 2.05. The molecule has 2 amide bonds. The number of aliphatic hydroxyl groups excluding tert-OH is 1. The van der Waals surface area contributed by atoms with Gasteiger partial charge in [-0.2, -0.15) is 0 Å². The quantitative estimate of drug-likeness (QED) is 0.650. The van der Waals surface area contributed by atoms with Crippen molar-refractivity contribution >= 4 is 23.2 Å². The van der Waals surface area contributed by atoms with E-state index in [-0.39, 0.29) is 19.0 Å². The van der Waals surface area contributed by atoms with E-state index >= 15 is 0 Å². The van der Waals surface area contributed by atoms with E-state index in [4.69, 9.17) is 5.73 Å². The highest BCUT2D eigenvalue weighted by Crippen LogP contribution is 2.23. The van der Waals surface area contributed by atoms with Gasteiger partial charge in [0.1, 0.15) is 6.10 Å². The van der Waals surface area contributed by atoms with E-state index in [1.54, 1.807) is 16.2 Å². The molecule has 1 atom stereocenters. The predicted octanol–water partition coefficient (Wildman–Crippen LogP) is -0.931. The second-order valence-electron chi connectivity index (χ2n) is 4.48. The van der Waals surface area contributed by atoms with Gasteiger partial charge in [0.05, 0.1) is 6.54 Å². The lowest BCUT2D eigenvalue weighted by Gasteiger charge is -2.27. The second kappa shape index (κ2) is 6.14. The molecular weight excluding hydrogens is 266 g/mol. The second-order valence-corrected chi connectivity index (χ2v) is 5.48. The van der Waals surface area contributed by atoms with Crippen molar-refractivity contribution in [3.8, 4) is 0 Å². The molecule has 1 aromatic rings. The summed E-state index contributed by atoms with van der Waals surface area (Å²) in [5.74, 6) is -0.825. The van der Waals surface area contributed by atoms with Crippen LogP contribution in [0.15, 0.2) is 11.4 Å². The zero-order valence-corrected chi connectivity index (χ0v) is 11.3. The van der Waals surface area contributed by atoms with Gasteiger partial charge in [-0.25, -0.2) is 0 Å². The number of aliphatic hydroxyl groups is 1. The van der Waals surface area contributed by atoms with Crippen LogP contribution in [0.5, 0.6) is 0 Å². The first kappa shape index (κ1) is 14.0. The van der Waals surface area contributed by atoms with E-state index in [9.17, 15) is 14.7 Å². The van der Waals surface area contributed by atoms with E-state index in [0.29, 0.717) is 13.1 Å². The fourth-order valence-electron chi connectivity index (χ4n) is 1.99. The molecule has 1 aliphatic rings. The molecule has 4 N–H and O–H groups in total. The highest BCUT2D eigenvalue weighted by atomic mass is 32.1. The van der Waals surface area contributed by atoms with E-state index in [0.717, 1.165) is 6.42 Å². The van der Waals surface area contributed by atoms with Gasteiger partial charge >= 0.3 is 0 Å². The maximum atomic E-state index is 12.0. The summed E-state index contributed by atoms with van der Waals surface area (Å²) < 4.78 is 0. The third kappa shape index (κ3) is 3.52. The first-order valence-corrected chi connectivity index (χ1v) is 6.97. The smallest absolute Gasteiger partial charge is 0.247 e. The van der Waals surface area contributed by atoms with Crippen LogP contribution < -0.4 is 11.1 Å². The summed E-state index contributed by atoms with van der Waals surface area (Å²) in [6.07, 6.45) is -0.361. The summed E-state index contributed by atoms with van der Waals surface area (Å²) in [5, 5.41) is 14.0. The number of amides is 2. The average molecular weight is 283 g/mol. The molecule has 19 heavy (non-hydrogen) atoms. The zero-order valence-electron chi connectivity index (χ0n) is 10.5. The van der Waals surface area contributed by atoms with Crippen molar-refractivity contribution in [2.45, 2.75) is 19.1 Å². The van der Waals surface area contributed by atoms with E-state index in [1.165, 1.54) is 10.4 Å². The molecule has 1 aromatic heterocycles. The van der Waals surface area contributed by atoms with Crippen molar-refractivity contribution in [1.82, 2.24) is 10.2 Å². The number of carbonyl (C=O) groups excluding carboxylic acids is 2. The van der Waals surface area contributed by atoms with Gasteiger partial charge in [0, 0.05) is 24.5 Å². The molecule has 0 spiro atoms. The Morgan fingerprint density at radius 1 is 1.58 bits per heavy atom. The number of nitrogens with one attached hydrogen (secondary N) is 1. The van der Waals surface area contributed by atoms with Crippen LogP contribution in [0.2, 0.25) is 0 Å². The van der Waals surface area contributed by atoms with Crippen LogP contribution in [0, 0.1) is 0 Å². The van der Waals surface area contributed by atoms with Crippen molar-refractivity contribution in [2.75, 3.05) is 19.6 Å². The van der Waals surface area contributed by atoms with E-state index in [2.05, 4.69) is 5.32 Å². The minimum Gasteiger partial charge on any atom is -0.382 e. The molecule has 104 valence electrons. The minimum atomic E-state index is -1.25. The Morgan fingerprint density at radius 2 is 2.37 bits per heavy atom. The van der Waals surface area contributed by atoms with E-state index < -0.39 is 12.0 Å². The molecule has 0 saturated heterocycles. The number of hydrogen-bond acceptors (Lipinski definition) is 5. The predicted molar refractivity (Wildman–Crippen MR) is 71.5 cm³/mol. The van der Waals surface area contributed by atoms with Gasteiger partial charge in [-0.3, -0.25) is 9.59 Å². The molecule has 0 fully saturated rings. The molecule has 0 aliphatic carbocycles. The largest absolute Gasteiger partial charge is 0.382 e. The third-order valence-corrected chi connectivity index (χ3v) is 4.13. The van der Waals surface area contributed by atoms with Gasteiger partial charge in [-0.05, 0) is 23.4 Å². The van der Waals surface area contributed by atoms with Crippen LogP contribution >= 0.6 is 11.3 Å². The monoisotopic (exact) mass is 283 g/mol. The fraction of sp³-hybridized carbons (Fsp3) is 0.500. The van der Waals surface area contributed by atoms with Crippen molar-refractivity contribution in [3.05, 3.63) is 21.9 Å². The Labute approximate surface area is 115 Å². The van der Waals surface area contributed by atoms with Gasteiger partial charge in [0.2, 0.25) is 11.8 Å². The summed E-state index contributed by atoms with van der Waals surface area (Å²) in [6.45, 7) is 1.45. The van der Waals surface area contributed by atoms with E-state index in [1.807, 2.05) is 11.4 Å². The van der Waals surface area contributed by atoms with Crippen LogP contribution in [0.1, 0.15) is 10.4 Å². The summed E-state index contributed by atoms with van der Waals surface area (Å²) >= 11 is 1.73. The lowest BCUT2D eigenvalue weighted by molar-refractivity contribution is -0.132. The SMILES string of the molecule is NC(=O)C(O)CNCC(=O)N1CCc2sccc2C1. The number of nitrogens with two attached hydrogens (primary N) is 1. The molecule has 2 rings (SSSR count). The molecule has 0 radical (unpaired) electrons. The third-order valence-electron chi connectivity index (χ3n) is 3.10. The Kier molecular flexibility index (Phi) is 4.52. The number of fused-ring (bicyclic) bond motifs is 1. The molecule has 1 unspecified atom stereocenters. The van der Waals surface area contributed by atoms with Crippen molar-refractivity contribution < 1.29 is 14.7 Å². The molecule has 0 aromatic carbocycles. The maximum absolute atomic E-state index is 12.0. The summed E-state index contributed by atoms with van der Waals surface area (Å²) in [4.78, 5) is 25.7. The van der Waals surface area contributed by atoms with Gasteiger partial charge in [0.25, 0.3) is 0 Å². The van der Waals surface area contributed by atoms with Gasteiger partial charge in [-0.15, -0.1) is 11.3 Å². The summed E-state index contributed by atoms with van der Waals surface area (Å²) in [7, 11) is 0. The standard InChI is InChI=1S/C12H17N3O3S/c13-12(18)9(16)5-14-6-11(17)15-3-1-10-8(7-15)2-4-19-10/h2,4,9,14,16H,1,3,5-7H2,(H2,13,18). The van der Waals surface area contributed by atoms with Crippen LogP contribution in [0.25, 0.3) is 0 Å². The number of thiophene rings is 1. The number of nitrogens with zero attached hydrogens (tertiary/aromatic N) is 1. The number of hydrogen-bond donors (Lipinski definition) is 3. The molecule has 1 aliphatic heterocycles. The first-order valence-electron chi connectivity index (χ1n) is 6.09. The highest BCUT2D eigenvalue weighted by molar-refractivity contribution is 7.10. The minimum absolute atomic E-state index is 0.00137. The van der Waals surface area contributed by atoms with Crippen LogP contribution in [-0.2, 0) is 22.6 Å². The van der Waals surface area contributed by atoms with Gasteiger partial charge in [0.15, 0.2) is 0 Å². The fourth-order valence-corrected chi connectivity index (χ4v) is 2.88. The highest BCUT2D eigenvalue weighted by Gasteiger charge is 2.21. The van der Waals surface area contributed by atoms with Crippen LogP contribution in [0.3, 0.4) is 0 Å². The van der Waals surface area contributed by atoms with Crippen molar-refractivity contribution in [1.29, 1.82) is 0 Å². The summed E-state index contributed by atoms with van der Waals surface area (Å²) in [5.41, 5.74) is 6.12. The lowest BCUT2D eigenvalue weighted by Crippen LogP contribution is -2.44. The normalized spacial score (nSPS) is 15.9. The van der Waals surface area contributed by atoms with Crippen molar-refractivity contribution in [2.24, 2.45) is 5.73 Å². The number of carbonyl (C=O) groups is 2. The van der Waals surface area contributed by atoms with Crippen molar-refractivity contribution in [3.63, 3.8) is 0 Å². The molecule has 0 bridgehead atoms. The van der Waals surface area contributed by atoms with Crippen LogP contribution in [-0.4, -0.2) is 47.6 Å². The molecule has 6 nitrogen and oxygen atoms in total. The Balaban J connectivity index is 1.77. The van der Waals surface area contributed by atoms with Gasteiger partial charge < -0.3 is 21.1 Å². The molecular formula is C12H17N3O3S. The lowest BCUT2D eigenvalue weighted by atomic mass is 10.1. The molecule has 2 heterocycles. The first-order chi connectivity index (χ1) is 9.08. The number of rotatable bonds is 5. The van der Waals surface area contributed by atoms with Gasteiger partial charge in [-0.1, -0.05) is 0 Å². The maximum Gasteiger partial charge on any atom is 0.247 e. The molecule has 0 saturated carbocycles. The topological polar surface area (TPSA) is 95.7 Å². The Hall–Kier alpha value is -1.44.